The summed E-state index contributed by atoms with van der Waals surface area (Å²) in [5, 5.41) is 7.57. The number of likely N-dealkylation sites (N-methyl/N-ethyl adjacent to an activating group) is 1. The number of aryl methyl sites for hydroxylation is 1. The summed E-state index contributed by atoms with van der Waals surface area (Å²) in [6.07, 6.45) is 1.75. The minimum absolute atomic E-state index is 0.0182. The summed E-state index contributed by atoms with van der Waals surface area (Å²) in [6.45, 7) is 3.22. The lowest BCUT2D eigenvalue weighted by molar-refractivity contribution is 0.0656. The Morgan fingerprint density at radius 2 is 1.97 bits per heavy atom. The summed E-state index contributed by atoms with van der Waals surface area (Å²) in [5.41, 5.74) is 4.53. The number of hydrogen-bond donors (Lipinski definition) is 0. The van der Waals surface area contributed by atoms with Crippen LogP contribution in [-0.2, 0) is 12.8 Å². The van der Waals surface area contributed by atoms with Crippen molar-refractivity contribution in [2.24, 2.45) is 0 Å². The van der Waals surface area contributed by atoms with Crippen LogP contribution in [0.15, 0.2) is 29.6 Å². The molecule has 0 atom stereocenters. The minimum Gasteiger partial charge on any atom is -0.494 e. The molecule has 1 aliphatic heterocycles. The van der Waals surface area contributed by atoms with Crippen molar-refractivity contribution in [1.29, 1.82) is 0 Å². The van der Waals surface area contributed by atoms with Crippen LogP contribution in [0.3, 0.4) is 0 Å². The molecule has 8 heteroatoms. The molecule has 2 aliphatic rings. The van der Waals surface area contributed by atoms with Gasteiger partial charge in [0.05, 0.1) is 12.8 Å². The highest BCUT2D eigenvalue weighted by atomic mass is 35.5. The van der Waals surface area contributed by atoms with E-state index in [0.717, 1.165) is 61.5 Å². The maximum Gasteiger partial charge on any atom is 0.274 e. The molecule has 2 aromatic heterocycles. The maximum atomic E-state index is 13.5. The van der Waals surface area contributed by atoms with Gasteiger partial charge >= 0.3 is 0 Å². The Kier molecular flexibility index (Phi) is 5.05. The van der Waals surface area contributed by atoms with Crippen molar-refractivity contribution in [2.45, 2.75) is 12.8 Å². The van der Waals surface area contributed by atoms with Crippen LogP contribution in [-0.4, -0.2) is 65.8 Å². The van der Waals surface area contributed by atoms with Crippen LogP contribution < -0.4 is 4.74 Å². The van der Waals surface area contributed by atoms with Gasteiger partial charge in [-0.2, -0.15) is 5.10 Å². The van der Waals surface area contributed by atoms with Gasteiger partial charge in [-0.05, 0) is 43.5 Å². The Hall–Kier alpha value is -2.35. The number of amides is 1. The molecule has 0 N–H and O–H groups in total. The van der Waals surface area contributed by atoms with Crippen molar-refractivity contribution in [1.82, 2.24) is 19.6 Å². The molecule has 1 aromatic carbocycles. The molecule has 30 heavy (non-hydrogen) atoms. The smallest absolute Gasteiger partial charge is 0.274 e. The van der Waals surface area contributed by atoms with Crippen molar-refractivity contribution in [3.8, 4) is 22.7 Å². The zero-order chi connectivity index (χ0) is 20.8. The van der Waals surface area contributed by atoms with E-state index in [9.17, 15) is 4.79 Å². The molecule has 156 valence electrons. The minimum atomic E-state index is 0.0182. The first-order valence-corrected chi connectivity index (χ1v) is 11.3. The van der Waals surface area contributed by atoms with Crippen LogP contribution in [0, 0.1) is 0 Å². The van der Waals surface area contributed by atoms with Crippen molar-refractivity contribution < 1.29 is 9.53 Å². The highest BCUT2D eigenvalue weighted by Gasteiger charge is 2.32. The van der Waals surface area contributed by atoms with Crippen LogP contribution in [0.2, 0.25) is 5.02 Å². The van der Waals surface area contributed by atoms with Gasteiger partial charge in [0, 0.05) is 53.3 Å². The second kappa shape index (κ2) is 7.72. The number of carbonyl (C=O) groups excluding carboxylic acids is 1. The van der Waals surface area contributed by atoms with E-state index in [0.29, 0.717) is 16.5 Å². The number of nitrogens with zero attached hydrogens (tertiary/aromatic N) is 4. The summed E-state index contributed by atoms with van der Waals surface area (Å²) >= 11 is 7.94. The Bertz CT molecular complexity index is 1110. The Morgan fingerprint density at radius 1 is 1.17 bits per heavy atom. The number of carbonyl (C=O) groups is 1. The van der Waals surface area contributed by atoms with E-state index in [-0.39, 0.29) is 5.91 Å². The van der Waals surface area contributed by atoms with Crippen LogP contribution in [0.4, 0.5) is 0 Å². The largest absolute Gasteiger partial charge is 0.494 e. The monoisotopic (exact) mass is 442 g/mol. The average Bonchev–Trinajstić information content (AvgIpc) is 3.38. The molecule has 6 nitrogen and oxygen atoms in total. The summed E-state index contributed by atoms with van der Waals surface area (Å²) in [7, 11) is 3.71. The molecular formula is C22H23ClN4O2S. The number of aromatic nitrogens is 2. The van der Waals surface area contributed by atoms with Crippen LogP contribution in [0.1, 0.15) is 20.9 Å². The maximum absolute atomic E-state index is 13.5. The van der Waals surface area contributed by atoms with Crippen LogP contribution in [0.25, 0.3) is 16.9 Å². The van der Waals surface area contributed by atoms with Gasteiger partial charge < -0.3 is 14.5 Å². The molecule has 1 amide bonds. The first-order chi connectivity index (χ1) is 14.6. The molecule has 3 aromatic rings. The number of fused-ring (bicyclic) bond motifs is 3. The van der Waals surface area contributed by atoms with Crippen molar-refractivity contribution in [3.63, 3.8) is 0 Å². The van der Waals surface area contributed by atoms with Crippen LogP contribution >= 0.6 is 22.9 Å². The number of thiophene rings is 1. The quantitative estimate of drug-likeness (QED) is 0.620. The van der Waals surface area contributed by atoms with Gasteiger partial charge in [0.2, 0.25) is 0 Å². The molecule has 1 fully saturated rings. The van der Waals surface area contributed by atoms with Gasteiger partial charge in [0.15, 0.2) is 5.69 Å². The SMILES string of the molecule is COc1cc(Cl)ccc1-n1nc(C(=O)N2CCN(C)CC2)c2c1-c1ccsc1CC2. The number of benzene rings is 1. The van der Waals surface area contributed by atoms with Gasteiger partial charge in [-0.3, -0.25) is 4.79 Å². The highest BCUT2D eigenvalue weighted by Crippen LogP contribution is 2.41. The molecule has 1 aliphatic carbocycles. The molecule has 3 heterocycles. The third kappa shape index (κ3) is 3.21. The fourth-order valence-electron chi connectivity index (χ4n) is 4.28. The molecule has 1 saturated heterocycles. The zero-order valence-corrected chi connectivity index (χ0v) is 18.6. The van der Waals surface area contributed by atoms with E-state index in [4.69, 9.17) is 21.4 Å². The number of methoxy groups -OCH3 is 1. The zero-order valence-electron chi connectivity index (χ0n) is 17.0. The number of piperazine rings is 1. The summed E-state index contributed by atoms with van der Waals surface area (Å²) in [5.74, 6) is 0.651. The van der Waals surface area contributed by atoms with E-state index >= 15 is 0 Å². The van der Waals surface area contributed by atoms with E-state index in [1.54, 1.807) is 24.5 Å². The lowest BCUT2D eigenvalue weighted by atomic mass is 9.94. The summed E-state index contributed by atoms with van der Waals surface area (Å²) in [4.78, 5) is 19.0. The Morgan fingerprint density at radius 3 is 2.73 bits per heavy atom. The average molecular weight is 443 g/mol. The Labute approximate surface area is 184 Å². The van der Waals surface area contributed by atoms with Crippen molar-refractivity contribution in [3.05, 3.63) is 50.8 Å². The van der Waals surface area contributed by atoms with E-state index in [2.05, 4.69) is 23.4 Å². The van der Waals surface area contributed by atoms with Crippen molar-refractivity contribution >= 4 is 28.8 Å². The summed E-state index contributed by atoms with van der Waals surface area (Å²) in [6, 6.07) is 7.64. The molecule has 0 spiro atoms. The predicted octanol–water partition coefficient (Wildman–Crippen LogP) is 3.75. The lowest BCUT2D eigenvalue weighted by Gasteiger charge is -2.32. The van der Waals surface area contributed by atoms with Gasteiger partial charge in [-0.25, -0.2) is 4.68 Å². The third-order valence-electron chi connectivity index (χ3n) is 5.95. The molecule has 0 bridgehead atoms. The van der Waals surface area contributed by atoms with Gasteiger partial charge in [0.1, 0.15) is 11.4 Å². The fourth-order valence-corrected chi connectivity index (χ4v) is 5.32. The van der Waals surface area contributed by atoms with E-state index < -0.39 is 0 Å². The molecule has 5 rings (SSSR count). The Balaban J connectivity index is 1.66. The number of rotatable bonds is 3. The molecular weight excluding hydrogens is 420 g/mol. The lowest BCUT2D eigenvalue weighted by Crippen LogP contribution is -2.47. The number of halogens is 1. The van der Waals surface area contributed by atoms with Crippen LogP contribution in [0.5, 0.6) is 5.75 Å². The normalized spacial score (nSPS) is 16.3. The number of hydrogen-bond acceptors (Lipinski definition) is 5. The highest BCUT2D eigenvalue weighted by molar-refractivity contribution is 7.10. The second-order valence-electron chi connectivity index (χ2n) is 7.76. The van der Waals surface area contributed by atoms with Gasteiger partial charge in [0.25, 0.3) is 5.91 Å². The third-order valence-corrected chi connectivity index (χ3v) is 7.16. The van der Waals surface area contributed by atoms with Gasteiger partial charge in [-0.1, -0.05) is 11.6 Å². The summed E-state index contributed by atoms with van der Waals surface area (Å²) < 4.78 is 7.47. The molecule has 0 radical (unpaired) electrons. The first kappa shape index (κ1) is 19.6. The predicted molar refractivity (Wildman–Crippen MR) is 119 cm³/mol. The van der Waals surface area contributed by atoms with Gasteiger partial charge in [-0.15, -0.1) is 11.3 Å². The fraction of sp³-hybridized carbons (Fsp3) is 0.364. The molecule has 0 unspecified atom stereocenters. The topological polar surface area (TPSA) is 50.6 Å². The number of ether oxygens (including phenoxy) is 1. The van der Waals surface area contributed by atoms with E-state index in [1.807, 2.05) is 21.7 Å². The standard InChI is InChI=1S/C22H23ClN4O2S/c1-25-8-10-26(11-9-25)22(28)20-16-4-6-19-15(7-12-30-19)21(16)27(24-20)17-5-3-14(23)13-18(17)29-2/h3,5,7,12-13H,4,6,8-11H2,1-2H3. The van der Waals surface area contributed by atoms with Crippen molar-refractivity contribution in [2.75, 3.05) is 40.3 Å². The molecule has 0 saturated carbocycles. The van der Waals surface area contributed by atoms with E-state index in [1.165, 1.54) is 4.88 Å². The first-order valence-electron chi connectivity index (χ1n) is 10.1. The second-order valence-corrected chi connectivity index (χ2v) is 9.19.